The van der Waals surface area contributed by atoms with E-state index in [0.717, 1.165) is 49.2 Å². The fraction of sp³-hybridized carbons (Fsp3) is 0.219. The maximum absolute atomic E-state index is 12.6. The first-order chi connectivity index (χ1) is 20.0. The second-order valence-electron chi connectivity index (χ2n) is 11.1. The van der Waals surface area contributed by atoms with Crippen LogP contribution in [0, 0.1) is 6.92 Å². The molecule has 212 valence electrons. The van der Waals surface area contributed by atoms with Crippen LogP contribution in [0.3, 0.4) is 0 Å². The van der Waals surface area contributed by atoms with E-state index in [1.54, 1.807) is 24.5 Å². The summed E-state index contributed by atoms with van der Waals surface area (Å²) < 4.78 is 8.78. The molecule has 1 atom stereocenters. The smallest absolute Gasteiger partial charge is 0.337 e. The molecule has 0 saturated carbocycles. The second-order valence-corrected chi connectivity index (χ2v) is 12.5. The van der Waals surface area contributed by atoms with Crippen molar-refractivity contribution in [2.75, 3.05) is 0 Å². The van der Waals surface area contributed by atoms with E-state index in [-0.39, 0.29) is 0 Å². The molecular formula is C32H28ClN5O3S. The van der Waals surface area contributed by atoms with E-state index in [1.807, 2.05) is 81.9 Å². The zero-order valence-electron chi connectivity index (χ0n) is 23.7. The van der Waals surface area contributed by atoms with Crippen LogP contribution in [0.1, 0.15) is 38.0 Å². The quantitative estimate of drug-likeness (QED) is 0.208. The number of hydrogen-bond donors (Lipinski definition) is 1. The molecule has 4 aromatic heterocycles. The molecule has 0 bridgehead atoms. The third kappa shape index (κ3) is 5.15. The lowest BCUT2D eigenvalue weighted by Gasteiger charge is -2.28. The molecule has 6 aromatic rings. The molecule has 0 amide bonds. The van der Waals surface area contributed by atoms with Crippen molar-refractivity contribution in [1.29, 1.82) is 0 Å². The van der Waals surface area contributed by atoms with E-state index in [2.05, 4.69) is 4.98 Å². The first-order valence-electron chi connectivity index (χ1n) is 13.4. The molecule has 0 fully saturated rings. The van der Waals surface area contributed by atoms with Gasteiger partial charge in [-0.1, -0.05) is 23.7 Å². The lowest BCUT2D eigenvalue weighted by atomic mass is 9.91. The fourth-order valence-corrected chi connectivity index (χ4v) is 6.32. The van der Waals surface area contributed by atoms with Gasteiger partial charge in [0.05, 0.1) is 27.0 Å². The number of aromatic nitrogens is 5. The number of fused-ring (bicyclic) bond motifs is 2. The number of hydrogen-bond acceptors (Lipinski definition) is 7. The van der Waals surface area contributed by atoms with Gasteiger partial charge in [-0.3, -0.25) is 9.67 Å². The van der Waals surface area contributed by atoms with Gasteiger partial charge in [0.2, 0.25) is 0 Å². The van der Waals surface area contributed by atoms with Crippen LogP contribution in [0.5, 0.6) is 0 Å². The van der Waals surface area contributed by atoms with Crippen molar-refractivity contribution in [3.63, 3.8) is 0 Å². The minimum Gasteiger partial charge on any atom is -0.479 e. The van der Waals surface area contributed by atoms with Gasteiger partial charge >= 0.3 is 5.97 Å². The lowest BCUT2D eigenvalue weighted by molar-refractivity contribution is -0.160. The summed E-state index contributed by atoms with van der Waals surface area (Å²) >= 11 is 7.70. The number of thiazole rings is 1. The Balaban J connectivity index is 1.59. The van der Waals surface area contributed by atoms with Crippen molar-refractivity contribution in [2.24, 2.45) is 7.05 Å². The van der Waals surface area contributed by atoms with Gasteiger partial charge in [-0.05, 0) is 81.3 Å². The average Bonchev–Trinajstić information content (AvgIpc) is 3.52. The van der Waals surface area contributed by atoms with Gasteiger partial charge in [0.15, 0.2) is 6.10 Å². The van der Waals surface area contributed by atoms with Crippen molar-refractivity contribution >= 4 is 50.2 Å². The molecule has 8 nitrogen and oxygen atoms in total. The third-order valence-electron chi connectivity index (χ3n) is 6.87. The molecule has 2 aromatic carbocycles. The highest BCUT2D eigenvalue weighted by Gasteiger charge is 2.32. The Morgan fingerprint density at radius 3 is 2.50 bits per heavy atom. The summed E-state index contributed by atoms with van der Waals surface area (Å²) in [6.45, 7) is 7.45. The number of aryl methyl sites for hydroxylation is 2. The molecule has 1 unspecified atom stereocenters. The number of carboxylic acids is 1. The number of benzene rings is 2. The molecule has 0 spiro atoms. The van der Waals surface area contributed by atoms with Crippen LogP contribution in [0.4, 0.5) is 0 Å². The molecule has 10 heteroatoms. The first kappa shape index (κ1) is 28.0. The maximum Gasteiger partial charge on any atom is 0.337 e. The summed E-state index contributed by atoms with van der Waals surface area (Å²) in [5.41, 5.74) is 6.99. The van der Waals surface area contributed by atoms with Gasteiger partial charge in [0, 0.05) is 41.2 Å². The molecule has 42 heavy (non-hydrogen) atoms. The number of aliphatic carboxylic acids is 1. The number of carbonyl (C=O) groups is 1. The molecule has 6 rings (SSSR count). The largest absolute Gasteiger partial charge is 0.479 e. The monoisotopic (exact) mass is 597 g/mol. The molecule has 0 radical (unpaired) electrons. The van der Waals surface area contributed by atoms with Gasteiger partial charge in [-0.15, -0.1) is 11.3 Å². The number of halogens is 1. The predicted octanol–water partition coefficient (Wildman–Crippen LogP) is 7.88. The molecule has 1 N–H and O–H groups in total. The number of carboxylic acid groups (broad SMARTS) is 1. The highest BCUT2D eigenvalue weighted by atomic mass is 35.5. The molecule has 0 aliphatic carbocycles. The molecule has 0 aliphatic heterocycles. The summed E-state index contributed by atoms with van der Waals surface area (Å²) in [6.07, 6.45) is 2.32. The summed E-state index contributed by atoms with van der Waals surface area (Å²) in [7, 11) is 1.89. The standard InChI is InChI=1S/C32H28ClN5O3S/c1-17-15-22-29(25(18-8-10-20(33)11-9-18)24(17)28(31(39)40)41-32(2,3)4)42-30(36-22)21-12-13-23-27(35-21)26(37-38(23)5)19-7-6-14-34-16-19/h6-16,28H,1-5H3,(H,39,40). The van der Waals surface area contributed by atoms with E-state index < -0.39 is 17.7 Å². The highest BCUT2D eigenvalue weighted by molar-refractivity contribution is 7.22. The minimum atomic E-state index is -1.18. The zero-order chi connectivity index (χ0) is 29.8. The van der Waals surface area contributed by atoms with E-state index in [9.17, 15) is 9.90 Å². The number of rotatable bonds is 6. The number of pyridine rings is 2. The third-order valence-corrected chi connectivity index (χ3v) is 8.23. The summed E-state index contributed by atoms with van der Waals surface area (Å²) in [5, 5.41) is 16.3. The predicted molar refractivity (Wildman–Crippen MR) is 167 cm³/mol. The van der Waals surface area contributed by atoms with Gasteiger partial charge in [-0.25, -0.2) is 14.8 Å². The van der Waals surface area contributed by atoms with Crippen LogP contribution in [-0.4, -0.2) is 41.4 Å². The highest BCUT2D eigenvalue weighted by Crippen LogP contribution is 2.44. The Kier molecular flexibility index (Phi) is 7.04. The normalized spacial score (nSPS) is 12.7. The summed E-state index contributed by atoms with van der Waals surface area (Å²) in [4.78, 5) is 26.9. The van der Waals surface area contributed by atoms with Crippen LogP contribution >= 0.6 is 22.9 Å². The van der Waals surface area contributed by atoms with E-state index in [0.29, 0.717) is 21.3 Å². The van der Waals surface area contributed by atoms with E-state index >= 15 is 0 Å². The van der Waals surface area contributed by atoms with Gasteiger partial charge in [0.25, 0.3) is 0 Å². The Labute approximate surface area is 251 Å². The zero-order valence-corrected chi connectivity index (χ0v) is 25.3. The SMILES string of the molecule is Cc1cc2nc(-c3ccc4c(n3)c(-c3cccnc3)nn4C)sc2c(-c2ccc(Cl)cc2)c1C(OC(C)(C)C)C(=O)O. The first-order valence-corrected chi connectivity index (χ1v) is 14.5. The van der Waals surface area contributed by atoms with Crippen molar-refractivity contribution in [2.45, 2.75) is 39.4 Å². The Morgan fingerprint density at radius 2 is 1.83 bits per heavy atom. The molecular weight excluding hydrogens is 570 g/mol. The van der Waals surface area contributed by atoms with Gasteiger partial charge < -0.3 is 9.84 Å². The Hall–Kier alpha value is -4.18. The summed E-state index contributed by atoms with van der Waals surface area (Å²) in [5.74, 6) is -1.06. The lowest BCUT2D eigenvalue weighted by Crippen LogP contribution is -2.28. The fourth-order valence-electron chi connectivity index (χ4n) is 5.10. The topological polar surface area (TPSA) is 103 Å². The van der Waals surface area contributed by atoms with Crippen LogP contribution in [0.2, 0.25) is 5.02 Å². The van der Waals surface area contributed by atoms with Crippen molar-refractivity contribution in [3.05, 3.63) is 83.1 Å². The molecule has 0 saturated heterocycles. The average molecular weight is 598 g/mol. The van der Waals surface area contributed by atoms with Gasteiger partial charge in [0.1, 0.15) is 16.2 Å². The van der Waals surface area contributed by atoms with Crippen molar-refractivity contribution in [3.8, 4) is 33.1 Å². The van der Waals surface area contributed by atoms with Crippen LogP contribution in [0.25, 0.3) is 54.3 Å². The van der Waals surface area contributed by atoms with Crippen LogP contribution in [-0.2, 0) is 16.6 Å². The maximum atomic E-state index is 12.6. The van der Waals surface area contributed by atoms with Crippen LogP contribution < -0.4 is 0 Å². The van der Waals surface area contributed by atoms with E-state index in [4.69, 9.17) is 31.4 Å². The number of ether oxygens (including phenoxy) is 1. The van der Waals surface area contributed by atoms with Crippen molar-refractivity contribution in [1.82, 2.24) is 24.7 Å². The van der Waals surface area contributed by atoms with Crippen molar-refractivity contribution < 1.29 is 14.6 Å². The Morgan fingerprint density at radius 1 is 1.07 bits per heavy atom. The second kappa shape index (κ2) is 10.6. The molecule has 4 heterocycles. The minimum absolute atomic E-state index is 0.591. The van der Waals surface area contributed by atoms with E-state index in [1.165, 1.54) is 11.3 Å². The van der Waals surface area contributed by atoms with Gasteiger partial charge in [-0.2, -0.15) is 5.10 Å². The molecule has 0 aliphatic rings. The van der Waals surface area contributed by atoms with Crippen LogP contribution in [0.15, 0.2) is 67.0 Å². The Bertz CT molecular complexity index is 1960. The number of nitrogens with zero attached hydrogens (tertiary/aromatic N) is 5. The summed E-state index contributed by atoms with van der Waals surface area (Å²) in [6, 6.07) is 17.1.